The first kappa shape index (κ1) is 12.3. The molecule has 1 aromatic carbocycles. The summed E-state index contributed by atoms with van der Waals surface area (Å²) < 4.78 is 1.04. The van der Waals surface area contributed by atoms with Crippen molar-refractivity contribution in [2.45, 2.75) is 13.0 Å². The van der Waals surface area contributed by atoms with Crippen LogP contribution in [0.3, 0.4) is 0 Å². The van der Waals surface area contributed by atoms with Crippen molar-refractivity contribution in [2.75, 3.05) is 0 Å². The molecule has 0 bridgehead atoms. The van der Waals surface area contributed by atoms with Gasteiger partial charge in [-0.15, -0.1) is 22.7 Å². The Bertz CT molecular complexity index is 703. The number of amides is 1. The van der Waals surface area contributed by atoms with Crippen LogP contribution >= 0.6 is 22.7 Å². The minimum Gasteiger partial charge on any atom is -0.345 e. The third kappa shape index (κ3) is 2.52. The molecule has 0 saturated carbocycles. The smallest absolute Gasteiger partial charge is 0.251 e. The van der Waals surface area contributed by atoms with E-state index >= 15 is 0 Å². The molecule has 2 heterocycles. The topological polar surface area (TPSA) is 42.0 Å². The lowest BCUT2D eigenvalue weighted by molar-refractivity contribution is 0.0940. The Morgan fingerprint density at radius 3 is 3.00 bits per heavy atom. The first-order valence-electron chi connectivity index (χ1n) is 5.91. The Morgan fingerprint density at radius 1 is 1.32 bits per heavy atom. The number of fused-ring (bicyclic) bond motifs is 1. The molecule has 0 fully saturated rings. The zero-order chi connectivity index (χ0) is 13.2. The summed E-state index contributed by atoms with van der Waals surface area (Å²) >= 11 is 3.20. The summed E-state index contributed by atoms with van der Waals surface area (Å²) in [5.41, 5.74) is 3.41. The molecule has 0 radical (unpaired) electrons. The van der Waals surface area contributed by atoms with Gasteiger partial charge in [0.25, 0.3) is 5.91 Å². The summed E-state index contributed by atoms with van der Waals surface area (Å²) in [7, 11) is 0. The molecular formula is C14H12N2OS2. The monoisotopic (exact) mass is 288 g/mol. The largest absolute Gasteiger partial charge is 0.345 e. The van der Waals surface area contributed by atoms with Gasteiger partial charge in [0.15, 0.2) is 0 Å². The fraction of sp³-hybridized carbons (Fsp3) is 0.143. The molecule has 96 valence electrons. The van der Waals surface area contributed by atoms with Crippen LogP contribution in [0.2, 0.25) is 0 Å². The number of carbonyl (C=O) groups is 1. The second-order valence-electron chi connectivity index (χ2n) is 4.25. The number of hydrogen-bond acceptors (Lipinski definition) is 4. The third-order valence-electron chi connectivity index (χ3n) is 2.91. The van der Waals surface area contributed by atoms with Crippen LogP contribution in [0.5, 0.6) is 0 Å². The number of carbonyl (C=O) groups excluding carboxylic acids is 1. The van der Waals surface area contributed by atoms with Crippen molar-refractivity contribution in [3.63, 3.8) is 0 Å². The fourth-order valence-corrected chi connectivity index (χ4v) is 3.34. The average Bonchev–Trinajstić information content (AvgIpc) is 3.09. The SMILES string of the molecule is CC(NC(=O)c1ccc2ncsc2c1)c1cccs1. The maximum Gasteiger partial charge on any atom is 0.251 e. The second kappa shape index (κ2) is 5.11. The quantitative estimate of drug-likeness (QED) is 0.795. The molecule has 3 nitrogen and oxygen atoms in total. The minimum atomic E-state index is -0.0452. The Labute approximate surface area is 118 Å². The van der Waals surface area contributed by atoms with E-state index in [0.717, 1.165) is 15.1 Å². The standard InChI is InChI=1S/C14H12N2OS2/c1-9(12-3-2-6-18-12)16-14(17)10-4-5-11-13(7-10)19-8-15-11/h2-9H,1H3,(H,16,17). The summed E-state index contributed by atoms with van der Waals surface area (Å²) in [6, 6.07) is 9.65. The molecule has 0 aliphatic carbocycles. The van der Waals surface area contributed by atoms with Gasteiger partial charge in [0, 0.05) is 10.4 Å². The summed E-state index contributed by atoms with van der Waals surface area (Å²) in [6.45, 7) is 2.00. The highest BCUT2D eigenvalue weighted by Crippen LogP contribution is 2.21. The van der Waals surface area contributed by atoms with Crippen molar-refractivity contribution < 1.29 is 4.79 Å². The molecule has 1 unspecified atom stereocenters. The summed E-state index contributed by atoms with van der Waals surface area (Å²) in [5.74, 6) is -0.0452. The molecule has 1 amide bonds. The number of nitrogens with zero attached hydrogens (tertiary/aromatic N) is 1. The average molecular weight is 288 g/mol. The molecule has 5 heteroatoms. The zero-order valence-electron chi connectivity index (χ0n) is 10.3. The van der Waals surface area contributed by atoms with E-state index in [4.69, 9.17) is 0 Å². The van der Waals surface area contributed by atoms with Crippen LogP contribution in [0.25, 0.3) is 10.2 Å². The van der Waals surface area contributed by atoms with Gasteiger partial charge in [-0.1, -0.05) is 6.07 Å². The van der Waals surface area contributed by atoms with Crippen molar-refractivity contribution in [1.82, 2.24) is 10.3 Å². The molecule has 0 aliphatic heterocycles. The van der Waals surface area contributed by atoms with Crippen LogP contribution in [0.15, 0.2) is 41.2 Å². The lowest BCUT2D eigenvalue weighted by atomic mass is 10.2. The van der Waals surface area contributed by atoms with E-state index in [9.17, 15) is 4.79 Å². The van der Waals surface area contributed by atoms with Gasteiger partial charge in [-0.05, 0) is 36.6 Å². The molecule has 1 N–H and O–H groups in total. The van der Waals surface area contributed by atoms with Gasteiger partial charge >= 0.3 is 0 Å². The van der Waals surface area contributed by atoms with Crippen molar-refractivity contribution in [2.24, 2.45) is 0 Å². The Hall–Kier alpha value is -1.72. The molecular weight excluding hydrogens is 276 g/mol. The molecule has 1 atom stereocenters. The number of thiazole rings is 1. The predicted molar refractivity (Wildman–Crippen MR) is 79.8 cm³/mol. The first-order chi connectivity index (χ1) is 9.24. The van der Waals surface area contributed by atoms with Crippen LogP contribution in [-0.2, 0) is 0 Å². The summed E-state index contributed by atoms with van der Waals surface area (Å²) in [6.07, 6.45) is 0. The van der Waals surface area contributed by atoms with Gasteiger partial charge in [0.2, 0.25) is 0 Å². The van der Waals surface area contributed by atoms with E-state index in [1.54, 1.807) is 28.2 Å². The van der Waals surface area contributed by atoms with Crippen LogP contribution < -0.4 is 5.32 Å². The van der Waals surface area contributed by atoms with Crippen LogP contribution in [0.4, 0.5) is 0 Å². The minimum absolute atomic E-state index is 0.0321. The molecule has 0 aliphatic rings. The molecule has 3 rings (SSSR count). The fourth-order valence-electron chi connectivity index (χ4n) is 1.89. The normalized spacial score (nSPS) is 12.5. The van der Waals surface area contributed by atoms with Crippen molar-refractivity contribution >= 4 is 38.8 Å². The lowest BCUT2D eigenvalue weighted by Gasteiger charge is -2.12. The van der Waals surface area contributed by atoms with E-state index in [1.807, 2.05) is 42.6 Å². The zero-order valence-corrected chi connectivity index (χ0v) is 11.9. The molecule has 0 saturated heterocycles. The molecule has 2 aromatic heterocycles. The highest BCUT2D eigenvalue weighted by molar-refractivity contribution is 7.16. The van der Waals surface area contributed by atoms with Crippen LogP contribution in [0, 0.1) is 0 Å². The molecule has 0 spiro atoms. The van der Waals surface area contributed by atoms with Gasteiger partial charge in [-0.2, -0.15) is 0 Å². The summed E-state index contributed by atoms with van der Waals surface area (Å²) in [5, 5.41) is 5.03. The summed E-state index contributed by atoms with van der Waals surface area (Å²) in [4.78, 5) is 17.6. The maximum absolute atomic E-state index is 12.2. The Morgan fingerprint density at radius 2 is 2.21 bits per heavy atom. The van der Waals surface area contributed by atoms with Gasteiger partial charge in [0.1, 0.15) is 0 Å². The number of aromatic nitrogens is 1. The van der Waals surface area contributed by atoms with Crippen LogP contribution in [0.1, 0.15) is 28.2 Å². The van der Waals surface area contributed by atoms with Crippen LogP contribution in [-0.4, -0.2) is 10.9 Å². The van der Waals surface area contributed by atoms with E-state index in [1.165, 1.54) is 0 Å². The van der Waals surface area contributed by atoms with E-state index in [0.29, 0.717) is 5.56 Å². The Balaban J connectivity index is 1.79. The molecule has 19 heavy (non-hydrogen) atoms. The number of rotatable bonds is 3. The van der Waals surface area contributed by atoms with Crippen molar-refractivity contribution in [3.05, 3.63) is 51.7 Å². The van der Waals surface area contributed by atoms with E-state index in [2.05, 4.69) is 10.3 Å². The lowest BCUT2D eigenvalue weighted by Crippen LogP contribution is -2.25. The van der Waals surface area contributed by atoms with Gasteiger partial charge in [0.05, 0.1) is 21.8 Å². The van der Waals surface area contributed by atoms with Crippen molar-refractivity contribution in [3.8, 4) is 0 Å². The first-order valence-corrected chi connectivity index (χ1v) is 7.67. The van der Waals surface area contributed by atoms with Gasteiger partial charge in [-0.25, -0.2) is 4.98 Å². The van der Waals surface area contributed by atoms with Gasteiger partial charge in [-0.3, -0.25) is 4.79 Å². The predicted octanol–water partition coefficient (Wildman–Crippen LogP) is 3.85. The number of thiophene rings is 1. The number of benzene rings is 1. The Kier molecular flexibility index (Phi) is 3.31. The van der Waals surface area contributed by atoms with E-state index < -0.39 is 0 Å². The number of hydrogen-bond donors (Lipinski definition) is 1. The molecule has 3 aromatic rings. The third-order valence-corrected chi connectivity index (χ3v) is 4.76. The van der Waals surface area contributed by atoms with E-state index in [-0.39, 0.29) is 11.9 Å². The van der Waals surface area contributed by atoms with Crippen molar-refractivity contribution in [1.29, 1.82) is 0 Å². The van der Waals surface area contributed by atoms with Gasteiger partial charge < -0.3 is 5.32 Å². The second-order valence-corrected chi connectivity index (χ2v) is 6.11. The number of nitrogens with one attached hydrogen (secondary N) is 1. The highest BCUT2D eigenvalue weighted by Gasteiger charge is 2.12. The maximum atomic E-state index is 12.2. The highest BCUT2D eigenvalue weighted by atomic mass is 32.1.